The number of carbonyl (C=O) groups excluding carboxylic acids is 1. The van der Waals surface area contributed by atoms with Crippen molar-refractivity contribution < 1.29 is 17.6 Å². The Morgan fingerprint density at radius 3 is 2.48 bits per heavy atom. The molecule has 0 unspecified atom stereocenters. The fourth-order valence-corrected chi connectivity index (χ4v) is 3.16. The Morgan fingerprint density at radius 2 is 1.86 bits per heavy atom. The molecule has 0 aliphatic heterocycles. The molecule has 2 aromatic carbocycles. The Hall–Kier alpha value is -3.38. The number of anilines is 1. The number of amides is 1. The fraction of sp³-hybridized carbons (Fsp3) is 0. The summed E-state index contributed by atoms with van der Waals surface area (Å²) in [6, 6.07) is 17.4. The van der Waals surface area contributed by atoms with Crippen LogP contribution < -0.4 is 10.5 Å². The largest absolute Gasteiger partial charge is 0.457 e. The molecule has 0 spiro atoms. The second-order valence-electron chi connectivity index (χ2n) is 5.91. The zero-order chi connectivity index (χ0) is 21.0. The number of rotatable bonds is 5. The quantitative estimate of drug-likeness (QED) is 0.473. The van der Waals surface area contributed by atoms with Gasteiger partial charge in [-0.2, -0.15) is 5.26 Å². The third-order valence-electron chi connectivity index (χ3n) is 3.83. The minimum Gasteiger partial charge on any atom is -0.457 e. The van der Waals surface area contributed by atoms with Crippen molar-refractivity contribution in [3.05, 3.63) is 77.0 Å². The highest BCUT2D eigenvalue weighted by atomic mass is 35.5. The van der Waals surface area contributed by atoms with Crippen LogP contribution in [-0.4, -0.2) is 14.3 Å². The number of benzene rings is 2. The number of nitrogens with one attached hydrogen (secondary N) is 1. The summed E-state index contributed by atoms with van der Waals surface area (Å²) in [5.41, 5.74) is 0.910. The molecule has 0 aliphatic rings. The predicted molar refractivity (Wildman–Crippen MR) is 109 cm³/mol. The molecule has 3 N–H and O–H groups in total. The topological polar surface area (TPSA) is 126 Å². The lowest BCUT2D eigenvalue weighted by molar-refractivity contribution is -0.112. The standard InChI is InChI=1S/C20H14ClN3O4S/c21-15-2-1-3-16(11-15)24-20(25)14(12-22)10-17-6-9-19(28-17)13-4-7-18(8-5-13)29(23,26)27/h1-11H,(H,24,25)(H2,23,26,27)/b14-10+. The van der Waals surface area contributed by atoms with E-state index in [1.165, 1.54) is 18.2 Å². The summed E-state index contributed by atoms with van der Waals surface area (Å²) in [6.45, 7) is 0. The first-order valence-electron chi connectivity index (χ1n) is 8.18. The maximum Gasteiger partial charge on any atom is 0.266 e. The monoisotopic (exact) mass is 427 g/mol. The molecule has 29 heavy (non-hydrogen) atoms. The number of sulfonamides is 1. The van der Waals surface area contributed by atoms with E-state index < -0.39 is 15.9 Å². The van der Waals surface area contributed by atoms with Crippen molar-refractivity contribution in [1.82, 2.24) is 0 Å². The second kappa shape index (κ2) is 8.32. The summed E-state index contributed by atoms with van der Waals surface area (Å²) >= 11 is 5.88. The van der Waals surface area contributed by atoms with Gasteiger partial charge in [-0.1, -0.05) is 17.7 Å². The molecule has 0 aliphatic carbocycles. The molecule has 7 nitrogen and oxygen atoms in total. The molecule has 0 fully saturated rings. The number of furan rings is 1. The van der Waals surface area contributed by atoms with Gasteiger partial charge in [0.25, 0.3) is 5.91 Å². The molecule has 0 radical (unpaired) electrons. The first-order valence-corrected chi connectivity index (χ1v) is 10.1. The molecule has 9 heteroatoms. The molecule has 146 valence electrons. The van der Waals surface area contributed by atoms with Gasteiger partial charge in [0.05, 0.1) is 4.90 Å². The lowest BCUT2D eigenvalue weighted by Crippen LogP contribution is -2.13. The second-order valence-corrected chi connectivity index (χ2v) is 7.90. The molecule has 0 bridgehead atoms. The lowest BCUT2D eigenvalue weighted by atomic mass is 10.2. The molecule has 1 aromatic heterocycles. The Labute approximate surface area is 172 Å². The number of primary sulfonamides is 1. The molecule has 1 amide bonds. The Kier molecular flexibility index (Phi) is 5.84. The van der Waals surface area contributed by atoms with E-state index in [1.807, 2.05) is 6.07 Å². The molecule has 0 saturated carbocycles. The maximum atomic E-state index is 12.3. The molecular weight excluding hydrogens is 414 g/mol. The van der Waals surface area contributed by atoms with Crippen LogP contribution in [0, 0.1) is 11.3 Å². The van der Waals surface area contributed by atoms with Gasteiger partial charge in [-0.3, -0.25) is 4.79 Å². The van der Waals surface area contributed by atoms with E-state index in [4.69, 9.17) is 21.2 Å². The molecule has 0 atom stereocenters. The summed E-state index contributed by atoms with van der Waals surface area (Å²) < 4.78 is 28.3. The summed E-state index contributed by atoms with van der Waals surface area (Å²) in [7, 11) is -3.78. The number of nitrogens with two attached hydrogens (primary N) is 1. The number of hydrogen-bond acceptors (Lipinski definition) is 5. The zero-order valence-electron chi connectivity index (χ0n) is 14.8. The van der Waals surface area contributed by atoms with Gasteiger partial charge in [-0.15, -0.1) is 0 Å². The van der Waals surface area contributed by atoms with Gasteiger partial charge in [0.1, 0.15) is 23.2 Å². The number of halogens is 1. The van der Waals surface area contributed by atoms with E-state index in [0.29, 0.717) is 22.0 Å². The average Bonchev–Trinajstić information content (AvgIpc) is 3.14. The van der Waals surface area contributed by atoms with Gasteiger partial charge in [-0.05, 0) is 54.6 Å². The minimum atomic E-state index is -3.78. The van der Waals surface area contributed by atoms with Crippen molar-refractivity contribution in [2.45, 2.75) is 4.90 Å². The van der Waals surface area contributed by atoms with Crippen molar-refractivity contribution in [2.24, 2.45) is 5.14 Å². The van der Waals surface area contributed by atoms with Gasteiger partial charge in [0.15, 0.2) is 0 Å². The molecular formula is C20H14ClN3O4S. The number of nitrogens with zero attached hydrogens (tertiary/aromatic N) is 1. The van der Waals surface area contributed by atoms with Crippen LogP contribution in [0.5, 0.6) is 0 Å². The number of carbonyl (C=O) groups is 1. The zero-order valence-corrected chi connectivity index (χ0v) is 16.4. The summed E-state index contributed by atoms with van der Waals surface area (Å²) in [5, 5.41) is 17.4. The van der Waals surface area contributed by atoms with E-state index in [1.54, 1.807) is 48.5 Å². The average molecular weight is 428 g/mol. The third kappa shape index (κ3) is 5.12. The summed E-state index contributed by atoms with van der Waals surface area (Å²) in [4.78, 5) is 12.3. The Bertz CT molecular complexity index is 1240. The SMILES string of the molecule is N#C/C(=C\c1ccc(-c2ccc(S(N)(=O)=O)cc2)o1)C(=O)Nc1cccc(Cl)c1. The van der Waals surface area contributed by atoms with E-state index in [-0.39, 0.29) is 16.2 Å². The smallest absolute Gasteiger partial charge is 0.266 e. The number of nitriles is 1. The lowest BCUT2D eigenvalue weighted by Gasteiger charge is -2.04. The third-order valence-corrected chi connectivity index (χ3v) is 4.99. The van der Waals surface area contributed by atoms with Crippen molar-refractivity contribution >= 4 is 39.3 Å². The summed E-state index contributed by atoms with van der Waals surface area (Å²) in [6.07, 6.45) is 1.31. The van der Waals surface area contributed by atoms with Crippen LogP contribution in [0.1, 0.15) is 5.76 Å². The van der Waals surface area contributed by atoms with Crippen LogP contribution in [0.3, 0.4) is 0 Å². The Balaban J connectivity index is 1.80. The molecule has 3 rings (SSSR count). The van der Waals surface area contributed by atoms with E-state index in [0.717, 1.165) is 0 Å². The Morgan fingerprint density at radius 1 is 1.14 bits per heavy atom. The highest BCUT2D eigenvalue weighted by Gasteiger charge is 2.13. The molecule has 1 heterocycles. The van der Waals surface area contributed by atoms with Crippen molar-refractivity contribution in [3.63, 3.8) is 0 Å². The normalized spacial score (nSPS) is 11.7. The van der Waals surface area contributed by atoms with Crippen molar-refractivity contribution in [3.8, 4) is 17.4 Å². The number of hydrogen-bond donors (Lipinski definition) is 2. The van der Waals surface area contributed by atoms with Crippen LogP contribution >= 0.6 is 11.6 Å². The first-order chi connectivity index (χ1) is 13.8. The van der Waals surface area contributed by atoms with Gasteiger partial charge in [-0.25, -0.2) is 13.6 Å². The van der Waals surface area contributed by atoms with E-state index in [2.05, 4.69) is 5.32 Å². The van der Waals surface area contributed by atoms with E-state index in [9.17, 15) is 18.5 Å². The van der Waals surface area contributed by atoms with Crippen LogP contribution in [0.4, 0.5) is 5.69 Å². The van der Waals surface area contributed by atoms with Crippen LogP contribution in [0.2, 0.25) is 5.02 Å². The van der Waals surface area contributed by atoms with Crippen LogP contribution in [-0.2, 0) is 14.8 Å². The van der Waals surface area contributed by atoms with Crippen molar-refractivity contribution in [1.29, 1.82) is 5.26 Å². The van der Waals surface area contributed by atoms with Crippen LogP contribution in [0.25, 0.3) is 17.4 Å². The first kappa shape index (κ1) is 20.4. The summed E-state index contributed by atoms with van der Waals surface area (Å²) in [5.74, 6) is 0.114. The van der Waals surface area contributed by atoms with Crippen molar-refractivity contribution in [2.75, 3.05) is 5.32 Å². The molecule has 3 aromatic rings. The molecule has 0 saturated heterocycles. The minimum absolute atomic E-state index is 0.0163. The maximum absolute atomic E-state index is 12.3. The van der Waals surface area contributed by atoms with Gasteiger partial charge < -0.3 is 9.73 Å². The highest BCUT2D eigenvalue weighted by Crippen LogP contribution is 2.25. The van der Waals surface area contributed by atoms with Crippen LogP contribution in [0.15, 0.2) is 75.5 Å². The predicted octanol–water partition coefficient (Wildman–Crippen LogP) is 3.79. The van der Waals surface area contributed by atoms with Gasteiger partial charge in [0.2, 0.25) is 10.0 Å². The fourth-order valence-electron chi connectivity index (χ4n) is 2.45. The highest BCUT2D eigenvalue weighted by molar-refractivity contribution is 7.89. The van der Waals surface area contributed by atoms with Gasteiger partial charge in [0, 0.05) is 22.3 Å². The van der Waals surface area contributed by atoms with E-state index >= 15 is 0 Å². The van der Waals surface area contributed by atoms with Gasteiger partial charge >= 0.3 is 0 Å².